The zero-order valence-electron chi connectivity index (χ0n) is 16.4. The van der Waals surface area contributed by atoms with Crippen molar-refractivity contribution in [2.75, 3.05) is 31.1 Å². The molecule has 0 aliphatic carbocycles. The molecule has 1 aromatic carbocycles. The molecule has 0 spiro atoms. The number of benzene rings is 1. The zero-order valence-corrected chi connectivity index (χ0v) is 16.4. The molecule has 0 saturated carbocycles. The van der Waals surface area contributed by atoms with E-state index in [1.54, 1.807) is 34.2 Å². The van der Waals surface area contributed by atoms with E-state index in [0.717, 1.165) is 17.8 Å². The van der Waals surface area contributed by atoms with Crippen LogP contribution in [0.4, 0.5) is 18.9 Å². The topological polar surface area (TPSA) is 64.1 Å². The number of hydrogen-bond acceptors (Lipinski definition) is 4. The summed E-state index contributed by atoms with van der Waals surface area (Å²) in [5, 5.41) is 9.59. The van der Waals surface area contributed by atoms with Crippen LogP contribution >= 0.6 is 0 Å². The molecular weight excluding hydrogens is 411 g/mol. The van der Waals surface area contributed by atoms with Gasteiger partial charge >= 0.3 is 12.1 Å². The third-order valence-electron chi connectivity index (χ3n) is 5.56. The molecule has 1 saturated heterocycles. The number of alkyl halides is 3. The maximum Gasteiger partial charge on any atom is 0.416 e. The Balaban J connectivity index is 1.46. The molecule has 4 rings (SSSR count). The van der Waals surface area contributed by atoms with Crippen LogP contribution in [-0.4, -0.2) is 59.0 Å². The molecule has 1 atom stereocenters. The molecule has 1 N–H and O–H groups in total. The fraction of sp³-hybridized carbons (Fsp3) is 0.273. The first-order valence-electron chi connectivity index (χ1n) is 9.75. The largest absolute Gasteiger partial charge is 0.478 e. The number of carbonyl (C=O) groups excluding carboxylic acids is 1. The summed E-state index contributed by atoms with van der Waals surface area (Å²) in [5.74, 6) is -1.47. The second kappa shape index (κ2) is 7.98. The van der Waals surface area contributed by atoms with Crippen molar-refractivity contribution in [1.82, 2.24) is 9.80 Å². The van der Waals surface area contributed by atoms with Gasteiger partial charge in [-0.2, -0.15) is 13.2 Å². The number of hydrogen-bond donors (Lipinski definition) is 1. The first-order chi connectivity index (χ1) is 14.8. The SMILES string of the molecule is O=C(O)C1=CC=C2C=CC=CN2C1C(=O)N1CCN(c2ccc(C(F)(F)F)cc2)CC1. The summed E-state index contributed by atoms with van der Waals surface area (Å²) in [6.45, 7) is 1.56. The summed E-state index contributed by atoms with van der Waals surface area (Å²) in [5.41, 5.74) is 0.675. The summed E-state index contributed by atoms with van der Waals surface area (Å²) < 4.78 is 38.3. The van der Waals surface area contributed by atoms with E-state index in [-0.39, 0.29) is 11.5 Å². The van der Waals surface area contributed by atoms with E-state index >= 15 is 0 Å². The van der Waals surface area contributed by atoms with Crippen LogP contribution in [0.5, 0.6) is 0 Å². The van der Waals surface area contributed by atoms with Crippen LogP contribution in [0.25, 0.3) is 0 Å². The number of anilines is 1. The molecule has 3 heterocycles. The number of piperazine rings is 1. The highest BCUT2D eigenvalue weighted by atomic mass is 19.4. The number of allylic oxidation sites excluding steroid dienone is 5. The lowest BCUT2D eigenvalue weighted by molar-refractivity contribution is -0.139. The third-order valence-corrected chi connectivity index (χ3v) is 5.56. The van der Waals surface area contributed by atoms with Gasteiger partial charge in [0.1, 0.15) is 6.04 Å². The molecule has 0 radical (unpaired) electrons. The first-order valence-corrected chi connectivity index (χ1v) is 9.75. The lowest BCUT2D eigenvalue weighted by Crippen LogP contribution is -2.55. The highest BCUT2D eigenvalue weighted by Crippen LogP contribution is 2.31. The molecule has 1 unspecified atom stereocenters. The van der Waals surface area contributed by atoms with Crippen molar-refractivity contribution in [3.63, 3.8) is 0 Å². The van der Waals surface area contributed by atoms with Crippen LogP contribution < -0.4 is 4.90 Å². The minimum absolute atomic E-state index is 0.00105. The minimum atomic E-state index is -4.38. The van der Waals surface area contributed by atoms with Crippen LogP contribution in [0.1, 0.15) is 5.56 Å². The molecule has 9 heteroatoms. The number of halogens is 3. The summed E-state index contributed by atoms with van der Waals surface area (Å²) in [4.78, 5) is 30.2. The van der Waals surface area contributed by atoms with Crippen LogP contribution in [0, 0.1) is 0 Å². The van der Waals surface area contributed by atoms with Gasteiger partial charge in [-0.25, -0.2) is 4.79 Å². The van der Waals surface area contributed by atoms with Crippen molar-refractivity contribution in [2.24, 2.45) is 0 Å². The standard InChI is InChI=1S/C22H20F3N3O3/c23-22(24,25)15-4-6-16(7-5-15)26-11-13-27(14-12-26)20(29)19-18(21(30)31)9-8-17-3-1-2-10-28(17)19/h1-10,19H,11-14H2,(H,30,31). The van der Waals surface area contributed by atoms with Gasteiger partial charge in [0.25, 0.3) is 5.91 Å². The zero-order chi connectivity index (χ0) is 22.2. The maximum absolute atomic E-state index is 13.3. The van der Waals surface area contributed by atoms with Gasteiger partial charge in [-0.1, -0.05) is 6.08 Å². The van der Waals surface area contributed by atoms with Crippen molar-refractivity contribution >= 4 is 17.6 Å². The van der Waals surface area contributed by atoms with E-state index in [0.29, 0.717) is 31.9 Å². The van der Waals surface area contributed by atoms with Crippen LogP contribution in [0.3, 0.4) is 0 Å². The lowest BCUT2D eigenvalue weighted by Gasteiger charge is -2.41. The van der Waals surface area contributed by atoms with Gasteiger partial charge in [-0.3, -0.25) is 4.79 Å². The highest BCUT2D eigenvalue weighted by Gasteiger charge is 2.39. The number of nitrogens with zero attached hydrogens (tertiary/aromatic N) is 3. The summed E-state index contributed by atoms with van der Waals surface area (Å²) in [6, 6.07) is 3.98. The predicted octanol–water partition coefficient (Wildman–Crippen LogP) is 3.02. The lowest BCUT2D eigenvalue weighted by atomic mass is 9.97. The quantitative estimate of drug-likeness (QED) is 0.797. The van der Waals surface area contributed by atoms with Crippen LogP contribution in [0.2, 0.25) is 0 Å². The van der Waals surface area contributed by atoms with Gasteiger partial charge in [-0.15, -0.1) is 0 Å². The van der Waals surface area contributed by atoms with Gasteiger partial charge < -0.3 is 19.8 Å². The number of carbonyl (C=O) groups is 2. The Kier molecular flexibility index (Phi) is 5.34. The maximum atomic E-state index is 13.3. The Labute approximate surface area is 176 Å². The van der Waals surface area contributed by atoms with Crippen molar-refractivity contribution in [2.45, 2.75) is 12.2 Å². The summed E-state index contributed by atoms with van der Waals surface area (Å²) in [6.07, 6.45) is 5.77. The fourth-order valence-electron chi connectivity index (χ4n) is 3.92. The first kappa shape index (κ1) is 20.8. The monoisotopic (exact) mass is 431 g/mol. The van der Waals surface area contributed by atoms with E-state index < -0.39 is 23.8 Å². The molecule has 6 nitrogen and oxygen atoms in total. The molecular formula is C22H20F3N3O3. The molecule has 1 aromatic rings. The Bertz CT molecular complexity index is 1000. The second-order valence-corrected chi connectivity index (χ2v) is 7.39. The number of aliphatic carboxylic acids is 1. The van der Waals surface area contributed by atoms with Crippen molar-refractivity contribution < 1.29 is 27.9 Å². The van der Waals surface area contributed by atoms with E-state index in [4.69, 9.17) is 0 Å². The van der Waals surface area contributed by atoms with Gasteiger partial charge in [0.2, 0.25) is 0 Å². The number of carboxylic acids is 1. The smallest absolute Gasteiger partial charge is 0.416 e. The molecule has 31 heavy (non-hydrogen) atoms. The Morgan fingerprint density at radius 3 is 2.26 bits per heavy atom. The van der Waals surface area contributed by atoms with E-state index in [1.807, 2.05) is 11.0 Å². The van der Waals surface area contributed by atoms with Crippen molar-refractivity contribution in [3.8, 4) is 0 Å². The van der Waals surface area contributed by atoms with E-state index in [9.17, 15) is 27.9 Å². The molecule has 3 aliphatic rings. The molecule has 0 aromatic heterocycles. The molecule has 0 bridgehead atoms. The average molecular weight is 431 g/mol. The van der Waals surface area contributed by atoms with Gasteiger partial charge in [-0.05, 0) is 48.6 Å². The minimum Gasteiger partial charge on any atom is -0.478 e. The summed E-state index contributed by atoms with van der Waals surface area (Å²) >= 11 is 0. The highest BCUT2D eigenvalue weighted by molar-refractivity contribution is 5.99. The molecule has 162 valence electrons. The Morgan fingerprint density at radius 1 is 0.968 bits per heavy atom. The fourth-order valence-corrected chi connectivity index (χ4v) is 3.92. The van der Waals surface area contributed by atoms with E-state index in [2.05, 4.69) is 0 Å². The summed E-state index contributed by atoms with van der Waals surface area (Å²) in [7, 11) is 0. The van der Waals surface area contributed by atoms with Crippen LogP contribution in [0.15, 0.2) is 72.1 Å². The average Bonchev–Trinajstić information content (AvgIpc) is 2.77. The van der Waals surface area contributed by atoms with Crippen LogP contribution in [-0.2, 0) is 15.8 Å². The number of rotatable bonds is 3. The van der Waals surface area contributed by atoms with Gasteiger partial charge in [0, 0.05) is 43.8 Å². The predicted molar refractivity (Wildman–Crippen MR) is 108 cm³/mol. The van der Waals surface area contributed by atoms with Crippen molar-refractivity contribution in [1.29, 1.82) is 0 Å². The van der Waals surface area contributed by atoms with Gasteiger partial charge in [0.15, 0.2) is 0 Å². The van der Waals surface area contributed by atoms with Gasteiger partial charge in [0.05, 0.1) is 11.1 Å². The normalized spacial score (nSPS) is 20.9. The Hall–Kier alpha value is -3.49. The molecule has 3 aliphatic heterocycles. The number of carboxylic acid groups (broad SMARTS) is 1. The van der Waals surface area contributed by atoms with E-state index in [1.165, 1.54) is 18.2 Å². The molecule has 1 amide bonds. The second-order valence-electron chi connectivity index (χ2n) is 7.39. The Morgan fingerprint density at radius 2 is 1.65 bits per heavy atom. The number of fused-ring (bicyclic) bond motifs is 1. The van der Waals surface area contributed by atoms with Crippen molar-refractivity contribution in [3.05, 3.63) is 77.7 Å². The molecule has 1 fully saturated rings. The third kappa shape index (κ3) is 4.08. The number of amides is 1.